The summed E-state index contributed by atoms with van der Waals surface area (Å²) >= 11 is 0. The molecule has 6 nitrogen and oxygen atoms in total. The smallest absolute Gasteiger partial charge is 0.251 e. The van der Waals surface area contributed by atoms with Gasteiger partial charge in [-0.2, -0.15) is 0 Å². The standard InChI is InChI=1S/C14H19N3O3/c15-10-4-5-13(18)16(8-10)9-14(19)17-6-7-20-12-3-1-2-11(12)17/h4-5,8,11-12H,1-3,6-7,9,15H2. The van der Waals surface area contributed by atoms with Crippen molar-refractivity contribution in [2.75, 3.05) is 18.9 Å². The maximum Gasteiger partial charge on any atom is 0.251 e. The van der Waals surface area contributed by atoms with Gasteiger partial charge in [0.15, 0.2) is 0 Å². The van der Waals surface area contributed by atoms with E-state index in [2.05, 4.69) is 0 Å². The maximum absolute atomic E-state index is 12.4. The Morgan fingerprint density at radius 2 is 2.25 bits per heavy atom. The van der Waals surface area contributed by atoms with Gasteiger partial charge in [0.05, 0.1) is 18.8 Å². The monoisotopic (exact) mass is 277 g/mol. The van der Waals surface area contributed by atoms with Crippen molar-refractivity contribution in [1.82, 2.24) is 9.47 Å². The Kier molecular flexibility index (Phi) is 3.48. The van der Waals surface area contributed by atoms with Gasteiger partial charge >= 0.3 is 0 Å². The van der Waals surface area contributed by atoms with E-state index < -0.39 is 0 Å². The number of anilines is 1. The zero-order valence-electron chi connectivity index (χ0n) is 11.3. The zero-order valence-corrected chi connectivity index (χ0v) is 11.3. The molecule has 0 radical (unpaired) electrons. The van der Waals surface area contributed by atoms with Crippen LogP contribution in [0.15, 0.2) is 23.1 Å². The van der Waals surface area contributed by atoms with E-state index >= 15 is 0 Å². The fourth-order valence-corrected chi connectivity index (χ4v) is 3.15. The Labute approximate surface area is 117 Å². The molecule has 1 amide bonds. The van der Waals surface area contributed by atoms with Crippen LogP contribution < -0.4 is 11.3 Å². The number of pyridine rings is 1. The molecule has 1 aromatic rings. The van der Waals surface area contributed by atoms with Gasteiger partial charge in [0.1, 0.15) is 6.54 Å². The quantitative estimate of drug-likeness (QED) is 0.838. The van der Waals surface area contributed by atoms with Crippen LogP contribution in [0.25, 0.3) is 0 Å². The lowest BCUT2D eigenvalue weighted by atomic mass is 10.1. The number of ether oxygens (including phenoxy) is 1. The van der Waals surface area contributed by atoms with Gasteiger partial charge in [-0.3, -0.25) is 9.59 Å². The third kappa shape index (κ3) is 2.43. The number of amides is 1. The average molecular weight is 277 g/mol. The lowest BCUT2D eigenvalue weighted by Crippen LogP contribution is -2.52. The van der Waals surface area contributed by atoms with Crippen LogP contribution in [0, 0.1) is 0 Å². The number of fused-ring (bicyclic) bond motifs is 1. The molecule has 2 N–H and O–H groups in total. The third-order valence-electron chi connectivity index (χ3n) is 4.11. The molecule has 2 aliphatic rings. The Balaban J connectivity index is 1.75. The van der Waals surface area contributed by atoms with Gasteiger partial charge in [-0.15, -0.1) is 0 Å². The number of morpholine rings is 1. The topological polar surface area (TPSA) is 77.6 Å². The summed E-state index contributed by atoms with van der Waals surface area (Å²) in [7, 11) is 0. The molecule has 108 valence electrons. The van der Waals surface area contributed by atoms with Crippen molar-refractivity contribution < 1.29 is 9.53 Å². The molecular formula is C14H19N3O3. The number of carbonyl (C=O) groups excluding carboxylic acids is 1. The number of nitrogen functional groups attached to an aromatic ring is 1. The highest BCUT2D eigenvalue weighted by molar-refractivity contribution is 5.76. The summed E-state index contributed by atoms with van der Waals surface area (Å²) in [5.74, 6) is -0.0297. The second-order valence-corrected chi connectivity index (χ2v) is 5.42. The molecular weight excluding hydrogens is 258 g/mol. The molecule has 1 saturated heterocycles. The van der Waals surface area contributed by atoms with E-state index in [1.54, 1.807) is 6.07 Å². The second kappa shape index (κ2) is 5.28. The van der Waals surface area contributed by atoms with Crippen LogP contribution in [0.5, 0.6) is 0 Å². The predicted octanol–water partition coefficient (Wildman–Crippen LogP) is 0.210. The Bertz CT molecular complexity index is 569. The molecule has 1 saturated carbocycles. The minimum Gasteiger partial charge on any atom is -0.398 e. The summed E-state index contributed by atoms with van der Waals surface area (Å²) in [5, 5.41) is 0. The molecule has 1 aliphatic heterocycles. The molecule has 2 fully saturated rings. The lowest BCUT2D eigenvalue weighted by molar-refractivity contribution is -0.144. The van der Waals surface area contributed by atoms with Gasteiger partial charge in [-0.1, -0.05) is 0 Å². The van der Waals surface area contributed by atoms with E-state index in [1.807, 2.05) is 4.90 Å². The van der Waals surface area contributed by atoms with Crippen molar-refractivity contribution in [1.29, 1.82) is 0 Å². The highest BCUT2D eigenvalue weighted by Crippen LogP contribution is 2.29. The molecule has 3 rings (SSSR count). The maximum atomic E-state index is 12.4. The third-order valence-corrected chi connectivity index (χ3v) is 4.11. The van der Waals surface area contributed by atoms with Gasteiger partial charge in [-0.25, -0.2) is 0 Å². The second-order valence-electron chi connectivity index (χ2n) is 5.42. The van der Waals surface area contributed by atoms with Crippen LogP contribution in [0.3, 0.4) is 0 Å². The van der Waals surface area contributed by atoms with E-state index in [0.717, 1.165) is 19.3 Å². The SMILES string of the molecule is Nc1ccc(=O)n(CC(=O)N2CCOC3CCCC32)c1. The first-order chi connectivity index (χ1) is 9.65. The summed E-state index contributed by atoms with van der Waals surface area (Å²) in [6.07, 6.45) is 4.80. The molecule has 0 aromatic carbocycles. The number of nitrogens with two attached hydrogens (primary N) is 1. The van der Waals surface area contributed by atoms with Gasteiger partial charge in [0.2, 0.25) is 5.91 Å². The Morgan fingerprint density at radius 1 is 1.40 bits per heavy atom. The van der Waals surface area contributed by atoms with Gasteiger partial charge < -0.3 is 19.9 Å². The molecule has 2 atom stereocenters. The highest BCUT2D eigenvalue weighted by atomic mass is 16.5. The first-order valence-corrected chi connectivity index (χ1v) is 7.02. The minimum absolute atomic E-state index is 0.0297. The van der Waals surface area contributed by atoms with Crippen molar-refractivity contribution in [3.8, 4) is 0 Å². The van der Waals surface area contributed by atoms with E-state index in [-0.39, 0.29) is 30.2 Å². The van der Waals surface area contributed by atoms with E-state index in [1.165, 1.54) is 16.8 Å². The van der Waals surface area contributed by atoms with Crippen molar-refractivity contribution >= 4 is 11.6 Å². The summed E-state index contributed by atoms with van der Waals surface area (Å²) in [6.45, 7) is 1.24. The van der Waals surface area contributed by atoms with Crippen molar-refractivity contribution in [2.24, 2.45) is 0 Å². The van der Waals surface area contributed by atoms with Crippen molar-refractivity contribution in [2.45, 2.75) is 38.0 Å². The Hall–Kier alpha value is -1.82. The fraction of sp³-hybridized carbons (Fsp3) is 0.571. The molecule has 1 aromatic heterocycles. The first kappa shape index (κ1) is 13.2. The number of rotatable bonds is 2. The molecule has 20 heavy (non-hydrogen) atoms. The van der Waals surface area contributed by atoms with Crippen LogP contribution in [0.1, 0.15) is 19.3 Å². The largest absolute Gasteiger partial charge is 0.398 e. The number of nitrogens with zero attached hydrogens (tertiary/aromatic N) is 2. The minimum atomic E-state index is -0.205. The van der Waals surface area contributed by atoms with E-state index in [0.29, 0.717) is 18.8 Å². The summed E-state index contributed by atoms with van der Waals surface area (Å²) in [6, 6.07) is 3.11. The van der Waals surface area contributed by atoms with Gasteiger partial charge in [-0.05, 0) is 25.3 Å². The van der Waals surface area contributed by atoms with Crippen LogP contribution in [-0.2, 0) is 16.1 Å². The highest BCUT2D eigenvalue weighted by Gasteiger charge is 2.38. The van der Waals surface area contributed by atoms with Crippen LogP contribution in [-0.4, -0.2) is 40.7 Å². The van der Waals surface area contributed by atoms with Gasteiger partial charge in [0, 0.05) is 24.5 Å². The van der Waals surface area contributed by atoms with Crippen LogP contribution in [0.4, 0.5) is 5.69 Å². The molecule has 1 aliphatic carbocycles. The lowest BCUT2D eigenvalue weighted by Gasteiger charge is -2.37. The average Bonchev–Trinajstić information content (AvgIpc) is 2.91. The molecule has 0 spiro atoms. The molecule has 6 heteroatoms. The van der Waals surface area contributed by atoms with Crippen molar-refractivity contribution in [3.63, 3.8) is 0 Å². The van der Waals surface area contributed by atoms with Crippen LogP contribution >= 0.6 is 0 Å². The number of aromatic nitrogens is 1. The Morgan fingerprint density at radius 3 is 3.10 bits per heavy atom. The van der Waals surface area contributed by atoms with Gasteiger partial charge in [0.25, 0.3) is 5.56 Å². The summed E-state index contributed by atoms with van der Waals surface area (Å²) in [4.78, 5) is 26.0. The summed E-state index contributed by atoms with van der Waals surface area (Å²) in [5.41, 5.74) is 5.94. The zero-order chi connectivity index (χ0) is 14.1. The van der Waals surface area contributed by atoms with Crippen molar-refractivity contribution in [3.05, 3.63) is 28.7 Å². The van der Waals surface area contributed by atoms with E-state index in [4.69, 9.17) is 10.5 Å². The predicted molar refractivity (Wildman–Crippen MR) is 74.2 cm³/mol. The number of hydrogen-bond acceptors (Lipinski definition) is 4. The number of carbonyl (C=O) groups is 1. The molecule has 2 unspecified atom stereocenters. The van der Waals surface area contributed by atoms with E-state index in [9.17, 15) is 9.59 Å². The molecule has 2 heterocycles. The van der Waals surface area contributed by atoms with Crippen LogP contribution in [0.2, 0.25) is 0 Å². The number of hydrogen-bond donors (Lipinski definition) is 1. The fourth-order valence-electron chi connectivity index (χ4n) is 3.15. The molecule has 0 bridgehead atoms. The summed E-state index contributed by atoms with van der Waals surface area (Å²) < 4.78 is 7.07. The first-order valence-electron chi connectivity index (χ1n) is 7.02. The normalized spacial score (nSPS) is 25.5.